The standard InChI is InChI=1S/C21H16O3/c1-14-10-12-15(13-11-14)20(22)18-8-4-2-6-16(18)17-7-3-5-9-19(17)21(23)24/h2-13H,1H3,(H,23,24). The van der Waals surface area contributed by atoms with Gasteiger partial charge in [-0.05, 0) is 24.1 Å². The molecular weight excluding hydrogens is 300 g/mol. The highest BCUT2D eigenvalue weighted by Crippen LogP contribution is 2.29. The molecule has 0 aliphatic carbocycles. The van der Waals surface area contributed by atoms with E-state index in [1.807, 2.05) is 19.1 Å². The zero-order valence-corrected chi connectivity index (χ0v) is 13.2. The Morgan fingerprint density at radius 1 is 0.708 bits per heavy atom. The molecule has 0 radical (unpaired) electrons. The normalized spacial score (nSPS) is 10.4. The van der Waals surface area contributed by atoms with Crippen LogP contribution in [0.3, 0.4) is 0 Å². The third kappa shape index (κ3) is 2.97. The molecular formula is C21H16O3. The second kappa shape index (κ2) is 6.50. The second-order valence-corrected chi connectivity index (χ2v) is 5.59. The van der Waals surface area contributed by atoms with E-state index in [2.05, 4.69) is 0 Å². The molecule has 0 fully saturated rings. The molecule has 0 heterocycles. The number of aryl methyl sites for hydroxylation is 1. The molecule has 3 rings (SSSR count). The zero-order valence-electron chi connectivity index (χ0n) is 13.2. The first-order chi connectivity index (χ1) is 11.6. The van der Waals surface area contributed by atoms with Crippen LogP contribution in [0.15, 0.2) is 72.8 Å². The number of rotatable bonds is 4. The summed E-state index contributed by atoms with van der Waals surface area (Å²) in [4.78, 5) is 24.4. The van der Waals surface area contributed by atoms with Gasteiger partial charge in [-0.3, -0.25) is 4.79 Å². The van der Waals surface area contributed by atoms with Gasteiger partial charge in [-0.25, -0.2) is 4.79 Å². The van der Waals surface area contributed by atoms with Crippen LogP contribution in [0, 0.1) is 6.92 Å². The molecule has 118 valence electrons. The SMILES string of the molecule is Cc1ccc(C(=O)c2ccccc2-c2ccccc2C(=O)O)cc1. The van der Waals surface area contributed by atoms with Gasteiger partial charge in [-0.2, -0.15) is 0 Å². The fraction of sp³-hybridized carbons (Fsp3) is 0.0476. The van der Waals surface area contributed by atoms with Crippen molar-refractivity contribution in [1.82, 2.24) is 0 Å². The number of aromatic carboxylic acids is 1. The van der Waals surface area contributed by atoms with Gasteiger partial charge in [0, 0.05) is 11.1 Å². The van der Waals surface area contributed by atoms with Crippen molar-refractivity contribution in [3.63, 3.8) is 0 Å². The quantitative estimate of drug-likeness (QED) is 0.716. The summed E-state index contributed by atoms with van der Waals surface area (Å²) in [5.41, 5.74) is 3.51. The van der Waals surface area contributed by atoms with E-state index in [1.165, 1.54) is 0 Å². The molecule has 3 aromatic carbocycles. The van der Waals surface area contributed by atoms with Gasteiger partial charge >= 0.3 is 5.97 Å². The fourth-order valence-electron chi connectivity index (χ4n) is 2.68. The minimum absolute atomic E-state index is 0.120. The van der Waals surface area contributed by atoms with Gasteiger partial charge in [0.1, 0.15) is 0 Å². The maximum atomic E-state index is 12.9. The Balaban J connectivity index is 2.14. The van der Waals surface area contributed by atoms with Gasteiger partial charge in [0.2, 0.25) is 0 Å². The van der Waals surface area contributed by atoms with E-state index in [1.54, 1.807) is 60.7 Å². The number of carboxylic acids is 1. The van der Waals surface area contributed by atoms with Gasteiger partial charge in [0.05, 0.1) is 5.56 Å². The first-order valence-electron chi connectivity index (χ1n) is 7.61. The third-order valence-corrected chi connectivity index (χ3v) is 3.93. The van der Waals surface area contributed by atoms with Crippen LogP contribution in [0.1, 0.15) is 31.8 Å². The van der Waals surface area contributed by atoms with Gasteiger partial charge in [0.25, 0.3) is 0 Å². The maximum absolute atomic E-state index is 12.9. The van der Waals surface area contributed by atoms with Crippen LogP contribution in [-0.4, -0.2) is 16.9 Å². The molecule has 0 aliphatic rings. The van der Waals surface area contributed by atoms with Crippen LogP contribution < -0.4 is 0 Å². The van der Waals surface area contributed by atoms with E-state index < -0.39 is 5.97 Å². The third-order valence-electron chi connectivity index (χ3n) is 3.93. The lowest BCUT2D eigenvalue weighted by molar-refractivity contribution is 0.0697. The predicted octanol–water partition coefficient (Wildman–Crippen LogP) is 4.59. The molecule has 24 heavy (non-hydrogen) atoms. The smallest absolute Gasteiger partial charge is 0.336 e. The van der Waals surface area contributed by atoms with Crippen molar-refractivity contribution in [2.24, 2.45) is 0 Å². The van der Waals surface area contributed by atoms with Crippen molar-refractivity contribution in [3.05, 3.63) is 95.1 Å². The molecule has 0 aliphatic heterocycles. The molecule has 1 N–H and O–H groups in total. The monoisotopic (exact) mass is 316 g/mol. The summed E-state index contributed by atoms with van der Waals surface area (Å²) in [6, 6.07) is 21.2. The average molecular weight is 316 g/mol. The molecule has 3 aromatic rings. The molecule has 0 aromatic heterocycles. The minimum atomic E-state index is -1.01. The summed E-state index contributed by atoms with van der Waals surface area (Å²) in [6.45, 7) is 1.96. The van der Waals surface area contributed by atoms with E-state index in [0.29, 0.717) is 22.3 Å². The number of benzene rings is 3. The van der Waals surface area contributed by atoms with Crippen molar-refractivity contribution in [3.8, 4) is 11.1 Å². The Hall–Kier alpha value is -3.20. The summed E-state index contributed by atoms with van der Waals surface area (Å²) >= 11 is 0. The van der Waals surface area contributed by atoms with E-state index in [-0.39, 0.29) is 11.3 Å². The molecule has 0 saturated carbocycles. The maximum Gasteiger partial charge on any atom is 0.336 e. The zero-order chi connectivity index (χ0) is 17.1. The Morgan fingerprint density at radius 2 is 1.21 bits per heavy atom. The van der Waals surface area contributed by atoms with Crippen LogP contribution >= 0.6 is 0 Å². The topological polar surface area (TPSA) is 54.4 Å². The largest absolute Gasteiger partial charge is 0.478 e. The van der Waals surface area contributed by atoms with Crippen molar-refractivity contribution in [2.75, 3.05) is 0 Å². The van der Waals surface area contributed by atoms with Crippen LogP contribution in [-0.2, 0) is 0 Å². The number of carboxylic acid groups (broad SMARTS) is 1. The molecule has 0 amide bonds. The molecule has 0 spiro atoms. The van der Waals surface area contributed by atoms with Crippen molar-refractivity contribution >= 4 is 11.8 Å². The highest BCUT2D eigenvalue weighted by Gasteiger charge is 2.18. The lowest BCUT2D eigenvalue weighted by atomic mass is 9.91. The molecule has 3 heteroatoms. The van der Waals surface area contributed by atoms with Gasteiger partial charge < -0.3 is 5.11 Å². The van der Waals surface area contributed by atoms with Crippen molar-refractivity contribution in [2.45, 2.75) is 6.92 Å². The van der Waals surface area contributed by atoms with Crippen LogP contribution in [0.4, 0.5) is 0 Å². The van der Waals surface area contributed by atoms with Gasteiger partial charge in [0.15, 0.2) is 5.78 Å². The Morgan fingerprint density at radius 3 is 1.79 bits per heavy atom. The fourth-order valence-corrected chi connectivity index (χ4v) is 2.68. The number of carbonyl (C=O) groups excluding carboxylic acids is 1. The summed E-state index contributed by atoms with van der Waals surface area (Å²) in [5.74, 6) is -1.13. The summed E-state index contributed by atoms with van der Waals surface area (Å²) in [7, 11) is 0. The summed E-state index contributed by atoms with van der Waals surface area (Å²) < 4.78 is 0. The van der Waals surface area contributed by atoms with E-state index in [0.717, 1.165) is 5.56 Å². The van der Waals surface area contributed by atoms with Gasteiger partial charge in [-0.15, -0.1) is 0 Å². The highest BCUT2D eigenvalue weighted by molar-refractivity contribution is 6.13. The Labute approximate surface area is 140 Å². The van der Waals surface area contributed by atoms with Crippen LogP contribution in [0.2, 0.25) is 0 Å². The second-order valence-electron chi connectivity index (χ2n) is 5.59. The molecule has 0 saturated heterocycles. The minimum Gasteiger partial charge on any atom is -0.478 e. The number of hydrogen-bond donors (Lipinski definition) is 1. The lowest BCUT2D eigenvalue weighted by Crippen LogP contribution is -2.06. The highest BCUT2D eigenvalue weighted by atomic mass is 16.4. The van der Waals surface area contributed by atoms with Crippen molar-refractivity contribution < 1.29 is 14.7 Å². The predicted molar refractivity (Wildman–Crippen MR) is 93.4 cm³/mol. The van der Waals surface area contributed by atoms with E-state index >= 15 is 0 Å². The average Bonchev–Trinajstić information content (AvgIpc) is 2.62. The number of ketones is 1. The van der Waals surface area contributed by atoms with Crippen LogP contribution in [0.25, 0.3) is 11.1 Å². The molecule has 0 unspecified atom stereocenters. The molecule has 0 bridgehead atoms. The van der Waals surface area contributed by atoms with Crippen molar-refractivity contribution in [1.29, 1.82) is 0 Å². The summed E-state index contributed by atoms with van der Waals surface area (Å²) in [5, 5.41) is 9.42. The van der Waals surface area contributed by atoms with Crippen LogP contribution in [0.5, 0.6) is 0 Å². The van der Waals surface area contributed by atoms with E-state index in [9.17, 15) is 14.7 Å². The Kier molecular flexibility index (Phi) is 4.25. The van der Waals surface area contributed by atoms with E-state index in [4.69, 9.17) is 0 Å². The lowest BCUT2D eigenvalue weighted by Gasteiger charge is -2.11. The summed E-state index contributed by atoms with van der Waals surface area (Å²) in [6.07, 6.45) is 0. The first-order valence-corrected chi connectivity index (χ1v) is 7.61. The first kappa shape index (κ1) is 15.7. The Bertz CT molecular complexity index is 908. The molecule has 3 nitrogen and oxygen atoms in total. The molecule has 0 atom stereocenters. The number of hydrogen-bond acceptors (Lipinski definition) is 2. The number of carbonyl (C=O) groups is 2. The van der Waals surface area contributed by atoms with Gasteiger partial charge in [-0.1, -0.05) is 72.3 Å².